The predicted molar refractivity (Wildman–Crippen MR) is 74.7 cm³/mol. The summed E-state index contributed by atoms with van der Waals surface area (Å²) in [7, 11) is 0. The Kier molecular flexibility index (Phi) is 4.73. The van der Waals surface area contributed by atoms with Gasteiger partial charge in [0.05, 0.1) is 25.3 Å². The molecule has 2 rings (SSSR count). The number of likely N-dealkylation sites (tertiary alicyclic amines) is 1. The third-order valence-corrected chi connectivity index (χ3v) is 4.84. The average Bonchev–Trinajstić information content (AvgIpc) is 2.79. The van der Waals surface area contributed by atoms with Crippen LogP contribution in [0.15, 0.2) is 0 Å². The van der Waals surface area contributed by atoms with Gasteiger partial charge in [-0.05, 0) is 31.6 Å². The highest BCUT2D eigenvalue weighted by molar-refractivity contribution is 5.86. The first-order chi connectivity index (χ1) is 9.88. The number of β-amino-alcohol motifs (C(OH)–C–C–N with tert-alkyl or cyclic N) is 2. The van der Waals surface area contributed by atoms with Crippen molar-refractivity contribution in [3.05, 3.63) is 0 Å². The number of hydrogen-bond acceptors (Lipinski definition) is 4. The van der Waals surface area contributed by atoms with Crippen LogP contribution in [0.3, 0.4) is 0 Å². The van der Waals surface area contributed by atoms with E-state index in [1.54, 1.807) is 0 Å². The second-order valence-electron chi connectivity index (χ2n) is 6.21. The molecule has 120 valence electrons. The van der Waals surface area contributed by atoms with Gasteiger partial charge in [0.15, 0.2) is 0 Å². The van der Waals surface area contributed by atoms with Gasteiger partial charge in [0, 0.05) is 0 Å². The first-order valence-electron chi connectivity index (χ1n) is 7.54. The van der Waals surface area contributed by atoms with Gasteiger partial charge in [0.25, 0.3) is 0 Å². The Morgan fingerprint density at radius 3 is 2.14 bits per heavy atom. The van der Waals surface area contributed by atoms with E-state index >= 15 is 0 Å². The maximum Gasteiger partial charge on any atom is 0.329 e. The zero-order chi connectivity index (χ0) is 15.6. The zero-order valence-electron chi connectivity index (χ0n) is 12.3. The van der Waals surface area contributed by atoms with Crippen molar-refractivity contribution in [2.45, 2.75) is 56.8 Å². The number of hydrogen-bond donors (Lipinski definition) is 4. The van der Waals surface area contributed by atoms with Crippen molar-refractivity contribution >= 4 is 12.0 Å². The molecule has 2 amide bonds. The van der Waals surface area contributed by atoms with Crippen LogP contribution in [0.2, 0.25) is 0 Å². The van der Waals surface area contributed by atoms with E-state index in [0.717, 1.165) is 19.3 Å². The Morgan fingerprint density at radius 1 is 1.19 bits per heavy atom. The molecular formula is C14H24N2O5. The maximum absolute atomic E-state index is 12.2. The van der Waals surface area contributed by atoms with Crippen molar-refractivity contribution in [3.8, 4) is 0 Å². The molecular weight excluding hydrogens is 276 g/mol. The molecule has 1 aliphatic carbocycles. The minimum absolute atomic E-state index is 0.0281. The molecule has 1 saturated carbocycles. The van der Waals surface area contributed by atoms with E-state index in [0.29, 0.717) is 18.8 Å². The third-order valence-electron chi connectivity index (χ3n) is 4.84. The standard InChI is InChI=1S/C14H24N2O5/c1-2-9-3-5-14(6-4-9,12(19)20)15-13(21)16-7-10(17)11(18)8-16/h9-11,17-18H,2-8H2,1H3,(H,15,21)(H,19,20). The molecule has 1 aliphatic heterocycles. The summed E-state index contributed by atoms with van der Waals surface area (Å²) in [5.41, 5.74) is -1.22. The first kappa shape index (κ1) is 16.0. The number of nitrogens with one attached hydrogen (secondary N) is 1. The lowest BCUT2D eigenvalue weighted by Gasteiger charge is -2.38. The molecule has 2 aliphatic rings. The molecule has 7 nitrogen and oxygen atoms in total. The minimum atomic E-state index is -1.22. The number of amides is 2. The van der Waals surface area contributed by atoms with Crippen LogP contribution in [0.1, 0.15) is 39.0 Å². The lowest BCUT2D eigenvalue weighted by molar-refractivity contribution is -0.146. The van der Waals surface area contributed by atoms with Gasteiger partial charge in [-0.2, -0.15) is 0 Å². The molecule has 0 aromatic rings. The van der Waals surface area contributed by atoms with Crippen molar-refractivity contribution in [3.63, 3.8) is 0 Å². The Morgan fingerprint density at radius 2 is 1.71 bits per heavy atom. The predicted octanol–water partition coefficient (Wildman–Crippen LogP) is 0.157. The smallest absolute Gasteiger partial charge is 0.329 e. The molecule has 1 saturated heterocycles. The van der Waals surface area contributed by atoms with Gasteiger partial charge in [0.1, 0.15) is 5.54 Å². The molecule has 0 spiro atoms. The second-order valence-corrected chi connectivity index (χ2v) is 6.21. The molecule has 1 heterocycles. The summed E-state index contributed by atoms with van der Waals surface area (Å²) in [4.78, 5) is 25.1. The Bertz CT molecular complexity index is 396. The molecule has 2 atom stereocenters. The van der Waals surface area contributed by atoms with Gasteiger partial charge >= 0.3 is 12.0 Å². The van der Waals surface area contributed by atoms with Crippen molar-refractivity contribution in [2.24, 2.45) is 5.92 Å². The number of carboxylic acids is 1. The van der Waals surface area contributed by atoms with Crippen molar-refractivity contribution in [2.75, 3.05) is 13.1 Å². The fraction of sp³-hybridized carbons (Fsp3) is 0.857. The van der Waals surface area contributed by atoms with Gasteiger partial charge in [-0.15, -0.1) is 0 Å². The van der Waals surface area contributed by atoms with Crippen LogP contribution in [0, 0.1) is 5.92 Å². The van der Waals surface area contributed by atoms with E-state index in [-0.39, 0.29) is 13.1 Å². The average molecular weight is 300 g/mol. The van der Waals surface area contributed by atoms with E-state index in [2.05, 4.69) is 12.2 Å². The van der Waals surface area contributed by atoms with Gasteiger partial charge in [-0.1, -0.05) is 13.3 Å². The summed E-state index contributed by atoms with van der Waals surface area (Å²) in [5.74, 6) is -0.490. The minimum Gasteiger partial charge on any atom is -0.480 e. The summed E-state index contributed by atoms with van der Waals surface area (Å²) in [6.45, 7) is 2.14. The molecule has 4 N–H and O–H groups in total. The van der Waals surface area contributed by atoms with E-state index in [4.69, 9.17) is 0 Å². The van der Waals surface area contributed by atoms with Crippen LogP contribution >= 0.6 is 0 Å². The van der Waals surface area contributed by atoms with Crippen LogP contribution < -0.4 is 5.32 Å². The normalized spacial score (nSPS) is 36.5. The Labute approximate surface area is 123 Å². The van der Waals surface area contributed by atoms with Crippen molar-refractivity contribution in [1.82, 2.24) is 10.2 Å². The van der Waals surface area contributed by atoms with Gasteiger partial charge in [-0.3, -0.25) is 0 Å². The highest BCUT2D eigenvalue weighted by atomic mass is 16.4. The highest BCUT2D eigenvalue weighted by Gasteiger charge is 2.44. The van der Waals surface area contributed by atoms with E-state index in [1.807, 2.05) is 0 Å². The number of carbonyl (C=O) groups excluding carboxylic acids is 1. The quantitative estimate of drug-likeness (QED) is 0.593. The van der Waals surface area contributed by atoms with Crippen LogP contribution in [0.5, 0.6) is 0 Å². The summed E-state index contributed by atoms with van der Waals surface area (Å²) in [6, 6.07) is -0.525. The fourth-order valence-corrected chi connectivity index (χ4v) is 3.19. The summed E-state index contributed by atoms with van der Waals surface area (Å²) >= 11 is 0. The van der Waals surface area contributed by atoms with E-state index in [9.17, 15) is 24.9 Å². The number of carbonyl (C=O) groups is 2. The number of nitrogens with zero attached hydrogens (tertiary/aromatic N) is 1. The topological polar surface area (TPSA) is 110 Å². The van der Waals surface area contributed by atoms with Crippen LogP contribution in [-0.2, 0) is 4.79 Å². The number of aliphatic hydroxyl groups is 2. The molecule has 0 radical (unpaired) electrons. The van der Waals surface area contributed by atoms with Crippen LogP contribution in [-0.4, -0.2) is 63.1 Å². The van der Waals surface area contributed by atoms with Crippen LogP contribution in [0.4, 0.5) is 4.79 Å². The fourth-order valence-electron chi connectivity index (χ4n) is 3.19. The number of aliphatic carboxylic acids is 1. The number of carboxylic acid groups (broad SMARTS) is 1. The molecule has 7 heteroatoms. The summed E-state index contributed by atoms with van der Waals surface area (Å²) < 4.78 is 0. The summed E-state index contributed by atoms with van der Waals surface area (Å²) in [6.07, 6.45) is 1.51. The number of aliphatic hydroxyl groups excluding tert-OH is 2. The van der Waals surface area contributed by atoms with Crippen molar-refractivity contribution in [1.29, 1.82) is 0 Å². The van der Waals surface area contributed by atoms with E-state index < -0.39 is 29.7 Å². The molecule has 2 fully saturated rings. The Hall–Kier alpha value is -1.34. The maximum atomic E-state index is 12.2. The number of rotatable bonds is 3. The van der Waals surface area contributed by atoms with Crippen LogP contribution in [0.25, 0.3) is 0 Å². The Balaban J connectivity index is 2.01. The van der Waals surface area contributed by atoms with Crippen molar-refractivity contribution < 1.29 is 24.9 Å². The summed E-state index contributed by atoms with van der Waals surface area (Å²) in [5, 5.41) is 31.1. The molecule has 0 bridgehead atoms. The first-order valence-corrected chi connectivity index (χ1v) is 7.54. The van der Waals surface area contributed by atoms with Gasteiger partial charge < -0.3 is 25.5 Å². The lowest BCUT2D eigenvalue weighted by Crippen LogP contribution is -2.59. The number of urea groups is 1. The van der Waals surface area contributed by atoms with Gasteiger partial charge in [0.2, 0.25) is 0 Å². The molecule has 0 aromatic carbocycles. The zero-order valence-corrected chi connectivity index (χ0v) is 12.3. The largest absolute Gasteiger partial charge is 0.480 e. The lowest BCUT2D eigenvalue weighted by atomic mass is 9.75. The second kappa shape index (κ2) is 6.19. The van der Waals surface area contributed by atoms with E-state index in [1.165, 1.54) is 4.90 Å². The third kappa shape index (κ3) is 3.29. The molecule has 21 heavy (non-hydrogen) atoms. The SMILES string of the molecule is CCC1CCC(NC(=O)N2CC(O)C(O)C2)(C(=O)O)CC1. The monoisotopic (exact) mass is 300 g/mol. The molecule has 2 unspecified atom stereocenters. The van der Waals surface area contributed by atoms with Gasteiger partial charge in [-0.25, -0.2) is 9.59 Å². The highest BCUT2D eigenvalue weighted by Crippen LogP contribution is 2.34. The molecule has 0 aromatic heterocycles.